The summed E-state index contributed by atoms with van der Waals surface area (Å²) < 4.78 is 25.2. The fourth-order valence-electron chi connectivity index (χ4n) is 1.72. The molecule has 0 saturated heterocycles. The summed E-state index contributed by atoms with van der Waals surface area (Å²) in [4.78, 5) is 14.6. The van der Waals surface area contributed by atoms with Crippen molar-refractivity contribution in [2.45, 2.75) is 36.7 Å². The van der Waals surface area contributed by atoms with Gasteiger partial charge >= 0.3 is 0 Å². The van der Waals surface area contributed by atoms with Crippen LogP contribution in [0.5, 0.6) is 0 Å². The summed E-state index contributed by atoms with van der Waals surface area (Å²) in [5.41, 5.74) is 0.579. The van der Waals surface area contributed by atoms with Crippen molar-refractivity contribution in [1.82, 2.24) is 4.90 Å². The van der Waals surface area contributed by atoms with E-state index in [0.29, 0.717) is 26.7 Å². The Kier molecular flexibility index (Phi) is 8.86. The molecule has 0 radical (unpaired) electrons. The molecule has 8 heteroatoms. The van der Waals surface area contributed by atoms with Gasteiger partial charge in [0.25, 0.3) is 5.76 Å². The quantitative estimate of drug-likeness (QED) is 0.550. The molecule has 128 valence electrons. The number of carbonyl (C=O) groups is 1. The molecule has 1 aromatic rings. The molecule has 1 N–H and O–H groups in total. The normalized spacial score (nSPS) is 12.1. The van der Waals surface area contributed by atoms with Gasteiger partial charge in [0.2, 0.25) is 5.91 Å². The van der Waals surface area contributed by atoms with Crippen molar-refractivity contribution in [1.29, 1.82) is 0 Å². The fourth-order valence-corrected chi connectivity index (χ4v) is 3.79. The lowest BCUT2D eigenvalue weighted by molar-refractivity contribution is -0.115. The fraction of sp³-hybridized carbons (Fsp3) is 0.467. The molecule has 0 bridgehead atoms. The second-order valence-corrected chi connectivity index (χ2v) is 7.63. The van der Waals surface area contributed by atoms with Crippen molar-refractivity contribution in [3.05, 3.63) is 24.3 Å². The maximum atomic E-state index is 12.3. The number of rotatable bonds is 7. The molecule has 0 aliphatic heterocycles. The van der Waals surface area contributed by atoms with E-state index in [2.05, 4.69) is 5.32 Å². The Bertz CT molecular complexity index is 522. The van der Waals surface area contributed by atoms with Crippen molar-refractivity contribution < 1.29 is 13.6 Å². The van der Waals surface area contributed by atoms with Crippen molar-refractivity contribution in [3.8, 4) is 0 Å². The maximum absolute atomic E-state index is 12.3. The summed E-state index contributed by atoms with van der Waals surface area (Å²) in [7, 11) is 0. The van der Waals surface area contributed by atoms with Gasteiger partial charge in [0.15, 0.2) is 0 Å². The molecule has 1 amide bonds. The summed E-state index contributed by atoms with van der Waals surface area (Å²) in [6.07, 6.45) is 0. The number of carbonyl (C=O) groups excluding carboxylic acids is 1. The highest BCUT2D eigenvalue weighted by atomic mass is 32.2. The smallest absolute Gasteiger partial charge is 0.288 e. The van der Waals surface area contributed by atoms with Crippen LogP contribution in [0.2, 0.25) is 0 Å². The van der Waals surface area contributed by atoms with Crippen LogP contribution in [0.25, 0.3) is 0 Å². The third-order valence-electron chi connectivity index (χ3n) is 3.02. The summed E-state index contributed by atoms with van der Waals surface area (Å²) >= 11 is 7.14. The molecular weight excluding hydrogens is 358 g/mol. The Balaban J connectivity index is 2.56. The van der Waals surface area contributed by atoms with Gasteiger partial charge < -0.3 is 10.2 Å². The van der Waals surface area contributed by atoms with Crippen molar-refractivity contribution in [3.63, 3.8) is 0 Å². The first-order valence-electron chi connectivity index (χ1n) is 7.18. The summed E-state index contributed by atoms with van der Waals surface area (Å²) in [6, 6.07) is 6.35. The topological polar surface area (TPSA) is 32.3 Å². The van der Waals surface area contributed by atoms with Crippen molar-refractivity contribution >= 4 is 51.7 Å². The predicted molar refractivity (Wildman–Crippen MR) is 99.5 cm³/mol. The van der Waals surface area contributed by atoms with E-state index in [4.69, 9.17) is 12.2 Å². The first-order valence-corrected chi connectivity index (χ1v) is 9.35. The third kappa shape index (κ3) is 7.05. The van der Waals surface area contributed by atoms with Gasteiger partial charge in [-0.05, 0) is 45.0 Å². The largest absolute Gasteiger partial charge is 0.358 e. The molecule has 0 unspecified atom stereocenters. The highest BCUT2D eigenvalue weighted by Gasteiger charge is 2.18. The van der Waals surface area contributed by atoms with E-state index in [0.717, 1.165) is 13.1 Å². The molecule has 0 heterocycles. The summed E-state index contributed by atoms with van der Waals surface area (Å²) in [6.45, 7) is 7.43. The molecule has 23 heavy (non-hydrogen) atoms. The number of nitrogens with one attached hydrogen (secondary N) is 1. The number of halogens is 2. The molecule has 3 nitrogen and oxygen atoms in total. The number of hydrogen-bond acceptors (Lipinski definition) is 4. The van der Waals surface area contributed by atoms with Crippen LogP contribution >= 0.6 is 35.7 Å². The first kappa shape index (κ1) is 20.2. The Hall–Kier alpha value is -0.860. The SMILES string of the molecule is CCN(CC)C(=S)S[C@@H](C)C(=O)Nc1ccc(SC(F)F)cc1. The molecule has 1 aromatic carbocycles. The van der Waals surface area contributed by atoms with E-state index >= 15 is 0 Å². The van der Waals surface area contributed by atoms with Crippen LogP contribution in [0.4, 0.5) is 14.5 Å². The molecule has 0 aliphatic carbocycles. The summed E-state index contributed by atoms with van der Waals surface area (Å²) in [5, 5.41) is 2.43. The van der Waals surface area contributed by atoms with E-state index in [-0.39, 0.29) is 11.2 Å². The second kappa shape index (κ2) is 10.1. The number of benzene rings is 1. The molecule has 0 fully saturated rings. The number of alkyl halides is 2. The lowest BCUT2D eigenvalue weighted by atomic mass is 10.3. The van der Waals surface area contributed by atoms with Crippen LogP contribution < -0.4 is 5.32 Å². The molecule has 0 spiro atoms. The lowest BCUT2D eigenvalue weighted by Gasteiger charge is -2.22. The Labute approximate surface area is 149 Å². The number of nitrogens with zero attached hydrogens (tertiary/aromatic N) is 1. The van der Waals surface area contributed by atoms with Gasteiger partial charge in [-0.3, -0.25) is 4.79 Å². The second-order valence-electron chi connectivity index (χ2n) is 4.59. The van der Waals surface area contributed by atoms with Crippen LogP contribution in [0, 0.1) is 0 Å². The zero-order valence-corrected chi connectivity index (χ0v) is 15.7. The monoisotopic (exact) mass is 378 g/mol. The molecule has 0 aliphatic rings. The average Bonchev–Trinajstić information content (AvgIpc) is 2.49. The van der Waals surface area contributed by atoms with E-state index in [1.54, 1.807) is 31.2 Å². The van der Waals surface area contributed by atoms with Crippen LogP contribution in [0.1, 0.15) is 20.8 Å². The Morgan fingerprint density at radius 2 is 1.83 bits per heavy atom. The summed E-state index contributed by atoms with van der Waals surface area (Å²) in [5.74, 6) is -2.62. The van der Waals surface area contributed by atoms with Gasteiger partial charge in [0.05, 0.1) is 5.25 Å². The number of thioether (sulfide) groups is 2. The molecule has 1 atom stereocenters. The highest BCUT2D eigenvalue weighted by molar-refractivity contribution is 8.23. The lowest BCUT2D eigenvalue weighted by Crippen LogP contribution is -2.31. The number of thiocarbonyl (C=S) groups is 1. The zero-order chi connectivity index (χ0) is 17.4. The first-order chi connectivity index (χ1) is 10.9. The zero-order valence-electron chi connectivity index (χ0n) is 13.2. The van der Waals surface area contributed by atoms with Crippen LogP contribution in [-0.4, -0.2) is 39.2 Å². The Morgan fingerprint density at radius 3 is 2.30 bits per heavy atom. The maximum Gasteiger partial charge on any atom is 0.288 e. The molecule has 1 rings (SSSR count). The van der Waals surface area contributed by atoms with E-state index in [1.165, 1.54) is 11.8 Å². The third-order valence-corrected chi connectivity index (χ3v) is 5.31. The number of hydrogen-bond donors (Lipinski definition) is 1. The number of anilines is 1. The minimum atomic E-state index is -2.45. The van der Waals surface area contributed by atoms with Gasteiger partial charge in [-0.25, -0.2) is 0 Å². The van der Waals surface area contributed by atoms with E-state index in [9.17, 15) is 13.6 Å². The van der Waals surface area contributed by atoms with E-state index < -0.39 is 5.76 Å². The average molecular weight is 379 g/mol. The molecule has 0 saturated carbocycles. The van der Waals surface area contributed by atoms with Gasteiger partial charge in [0.1, 0.15) is 4.32 Å². The standard InChI is InChI=1S/C15H20F2N2OS3/c1-4-19(5-2)15(21)22-10(3)13(20)18-11-6-8-12(9-7-11)23-14(16)17/h6-10,14H,4-5H2,1-3H3,(H,18,20)/t10-/m0/s1. The van der Waals surface area contributed by atoms with Crippen molar-refractivity contribution in [2.75, 3.05) is 18.4 Å². The molecule has 0 aromatic heterocycles. The van der Waals surface area contributed by atoms with Crippen molar-refractivity contribution in [2.24, 2.45) is 0 Å². The molecular formula is C15H20F2N2OS3. The van der Waals surface area contributed by atoms with Gasteiger partial charge in [-0.2, -0.15) is 8.78 Å². The van der Waals surface area contributed by atoms with Crippen LogP contribution in [0.3, 0.4) is 0 Å². The van der Waals surface area contributed by atoms with E-state index in [1.807, 2.05) is 18.7 Å². The number of amides is 1. The van der Waals surface area contributed by atoms with Crippen LogP contribution in [-0.2, 0) is 4.79 Å². The Morgan fingerprint density at radius 1 is 1.26 bits per heavy atom. The van der Waals surface area contributed by atoms with Crippen LogP contribution in [0.15, 0.2) is 29.2 Å². The van der Waals surface area contributed by atoms with Gasteiger partial charge in [-0.15, -0.1) is 0 Å². The van der Waals surface area contributed by atoms with Gasteiger partial charge in [-0.1, -0.05) is 35.7 Å². The highest BCUT2D eigenvalue weighted by Crippen LogP contribution is 2.26. The van der Waals surface area contributed by atoms with Gasteiger partial charge in [0, 0.05) is 23.7 Å². The minimum Gasteiger partial charge on any atom is -0.358 e. The minimum absolute atomic E-state index is 0.168. The predicted octanol–water partition coefficient (Wildman–Crippen LogP) is 4.69.